The molecule has 0 aromatic carbocycles. The van der Waals surface area contributed by atoms with Gasteiger partial charge in [-0.2, -0.15) is 0 Å². The van der Waals surface area contributed by atoms with Gasteiger partial charge in [0.05, 0.1) is 0 Å². The molecule has 0 aliphatic rings. The Kier molecular flexibility index (Phi) is 5.59. The van der Waals surface area contributed by atoms with Gasteiger partial charge in [-0.05, 0) is 14.0 Å². The van der Waals surface area contributed by atoms with Crippen molar-refractivity contribution in [1.29, 1.82) is 0 Å². The summed E-state index contributed by atoms with van der Waals surface area (Å²) in [6.07, 6.45) is 0. The van der Waals surface area contributed by atoms with Gasteiger partial charge in [-0.1, -0.05) is 0 Å². The van der Waals surface area contributed by atoms with E-state index in [-0.39, 0.29) is 0 Å². The average molecular weight is 169 g/mol. The van der Waals surface area contributed by atoms with Gasteiger partial charge < -0.3 is 13.5 Å². The monoisotopic (exact) mass is 169 g/mol. The van der Waals surface area contributed by atoms with Gasteiger partial charge in [-0.3, -0.25) is 0 Å². The molecule has 0 fully saturated rings. The highest BCUT2D eigenvalue weighted by Crippen LogP contribution is 1.77. The molecule has 0 aromatic rings. The van der Waals surface area contributed by atoms with Crippen LogP contribution in [0.2, 0.25) is 0 Å². The lowest BCUT2D eigenvalue weighted by atomic mass is 14.3. The average Bonchev–Trinajstić information content (AvgIpc) is 1.89. The van der Waals surface area contributed by atoms with E-state index in [9.17, 15) is 8.92 Å². The van der Waals surface area contributed by atoms with E-state index < -0.39 is 17.4 Å². The van der Waals surface area contributed by atoms with E-state index in [2.05, 4.69) is 19.7 Å². The Morgan fingerprint density at radius 3 is 2.56 bits per heavy atom. The largest absolute Gasteiger partial charge is 0.611 e. The molecule has 0 bridgehead atoms. The van der Waals surface area contributed by atoms with Crippen molar-refractivity contribution in [3.05, 3.63) is 0 Å². The van der Waals surface area contributed by atoms with Gasteiger partial charge in [0.1, 0.15) is 0 Å². The zero-order valence-corrected chi connectivity index (χ0v) is 5.90. The lowest BCUT2D eigenvalue weighted by Crippen LogP contribution is -2.10. The topological polar surface area (TPSA) is 91.3 Å². The van der Waals surface area contributed by atoms with E-state index in [4.69, 9.17) is 5.26 Å². The third-order valence-electron chi connectivity index (χ3n) is 0.251. The van der Waals surface area contributed by atoms with Crippen LogP contribution in [0.4, 0.5) is 0 Å². The molecular weight excluding hydrogens is 168 g/mol. The van der Waals surface area contributed by atoms with E-state index in [1.54, 1.807) is 0 Å². The Bertz CT molecular complexity index is 97.1. The fraction of sp³-hybridized carbons (Fsp3) is 0. The van der Waals surface area contributed by atoms with Crippen molar-refractivity contribution in [2.24, 2.45) is 0 Å². The Balaban J connectivity index is 3.07. The van der Waals surface area contributed by atoms with Gasteiger partial charge in [-0.15, -0.1) is 0 Å². The standard InChI is InChI=1S/HO7Si2/c1-4-5-6-7-9(3)8-2/h1H/q-1. The SMILES string of the molecule is O=[Si-][Si](=O)OOOOO. The molecule has 0 amide bonds. The molecule has 0 unspecified atom stereocenters. The van der Waals surface area contributed by atoms with E-state index in [0.29, 0.717) is 0 Å². The van der Waals surface area contributed by atoms with Gasteiger partial charge in [0.25, 0.3) is 0 Å². The van der Waals surface area contributed by atoms with E-state index >= 15 is 0 Å². The minimum Gasteiger partial charge on any atom is -0.611 e. The van der Waals surface area contributed by atoms with Gasteiger partial charge in [0.15, 0.2) is 0 Å². The van der Waals surface area contributed by atoms with Crippen LogP contribution < -0.4 is 0 Å². The molecular formula is HO7Si2-. The second kappa shape index (κ2) is 5.80. The predicted molar refractivity (Wildman–Crippen MR) is 19.8 cm³/mol. The van der Waals surface area contributed by atoms with Gasteiger partial charge in [0.2, 0.25) is 0 Å². The molecule has 0 saturated heterocycles. The molecule has 7 nitrogen and oxygen atoms in total. The van der Waals surface area contributed by atoms with Crippen molar-refractivity contribution < 1.29 is 33.9 Å². The summed E-state index contributed by atoms with van der Waals surface area (Å²) < 4.78 is 23.3. The summed E-state index contributed by atoms with van der Waals surface area (Å²) in [5, 5.41) is 16.9. The Morgan fingerprint density at radius 1 is 1.44 bits per heavy atom. The lowest BCUT2D eigenvalue weighted by Gasteiger charge is -1.96. The Morgan fingerprint density at radius 2 is 2.11 bits per heavy atom. The summed E-state index contributed by atoms with van der Waals surface area (Å²) >= 11 is 0. The van der Waals surface area contributed by atoms with Crippen LogP contribution in [0, 0.1) is 0 Å². The molecule has 9 heteroatoms. The van der Waals surface area contributed by atoms with Crippen molar-refractivity contribution in [2.45, 2.75) is 0 Å². The summed E-state index contributed by atoms with van der Waals surface area (Å²) in [6.45, 7) is 0. The van der Waals surface area contributed by atoms with Crippen LogP contribution in [0.25, 0.3) is 0 Å². The first-order chi connectivity index (χ1) is 4.31. The van der Waals surface area contributed by atoms with Crippen LogP contribution in [-0.4, -0.2) is 22.6 Å². The van der Waals surface area contributed by atoms with Gasteiger partial charge in [-0.25, -0.2) is 5.26 Å². The maximum atomic E-state index is 10.0. The summed E-state index contributed by atoms with van der Waals surface area (Å²) in [6, 6.07) is 0. The minimum absolute atomic E-state index is 1.13. The van der Waals surface area contributed by atoms with Crippen LogP contribution in [0.15, 0.2) is 0 Å². The highest BCUT2D eigenvalue weighted by molar-refractivity contribution is 6.93. The summed E-state index contributed by atoms with van der Waals surface area (Å²) in [4.78, 5) is 0. The molecule has 0 aromatic heterocycles. The smallest absolute Gasteiger partial charge is 0.384 e. The van der Waals surface area contributed by atoms with Crippen molar-refractivity contribution in [1.82, 2.24) is 0 Å². The summed E-state index contributed by atoms with van der Waals surface area (Å²) in [5.74, 6) is 0. The molecule has 0 aliphatic heterocycles. The molecule has 0 heterocycles. The molecule has 9 heavy (non-hydrogen) atoms. The molecule has 0 spiro atoms. The van der Waals surface area contributed by atoms with Crippen molar-refractivity contribution in [3.8, 4) is 0 Å². The van der Waals surface area contributed by atoms with Crippen LogP contribution in [0.5, 0.6) is 0 Å². The number of hydrogen-bond donors (Lipinski definition) is 1. The molecule has 0 rings (SSSR count). The fourth-order valence-electron chi connectivity index (χ4n) is 0.0742. The second-order valence-electron chi connectivity index (χ2n) is 0.683. The predicted octanol–water partition coefficient (Wildman–Crippen LogP) is -1.26. The lowest BCUT2D eigenvalue weighted by molar-refractivity contribution is -0.686. The fourth-order valence-corrected chi connectivity index (χ4v) is 0.402. The second-order valence-corrected chi connectivity index (χ2v) is 3.47. The molecule has 0 saturated carbocycles. The number of rotatable bonds is 5. The third-order valence-corrected chi connectivity index (χ3v) is 1.39. The van der Waals surface area contributed by atoms with Crippen molar-refractivity contribution in [3.63, 3.8) is 0 Å². The quantitative estimate of drug-likeness (QED) is 0.237. The molecule has 1 N–H and O–H groups in total. The van der Waals surface area contributed by atoms with Gasteiger partial charge in [0, 0.05) is 10.1 Å². The maximum absolute atomic E-state index is 10.0. The zero-order valence-electron chi connectivity index (χ0n) is 3.90. The van der Waals surface area contributed by atoms with Crippen LogP contribution in [0.1, 0.15) is 0 Å². The number of hydrogen-bond acceptors (Lipinski definition) is 7. The first-order valence-corrected chi connectivity index (χ1v) is 4.77. The summed E-state index contributed by atoms with van der Waals surface area (Å²) in [5.41, 5.74) is 0. The third kappa shape index (κ3) is 5.55. The van der Waals surface area contributed by atoms with Crippen molar-refractivity contribution >= 4 is 17.4 Å². The first-order valence-electron chi connectivity index (χ1n) is 1.54. The normalized spacial score (nSPS) is 8.56. The molecule has 0 aliphatic carbocycles. The Hall–Kier alpha value is -0.326. The molecule has 52 valence electrons. The highest BCUT2D eigenvalue weighted by atomic mass is 29.2. The van der Waals surface area contributed by atoms with E-state index in [1.807, 2.05) is 0 Å². The van der Waals surface area contributed by atoms with Crippen LogP contribution >= 0.6 is 0 Å². The molecule has 0 atom stereocenters. The van der Waals surface area contributed by atoms with E-state index in [1.165, 1.54) is 0 Å². The van der Waals surface area contributed by atoms with Gasteiger partial charge >= 0.3 is 8.44 Å². The Labute approximate surface area is 52.3 Å². The van der Waals surface area contributed by atoms with E-state index in [0.717, 1.165) is 0 Å². The molecule has 0 radical (unpaired) electrons. The van der Waals surface area contributed by atoms with Crippen LogP contribution in [0.3, 0.4) is 0 Å². The zero-order chi connectivity index (χ0) is 7.11. The highest BCUT2D eigenvalue weighted by Gasteiger charge is 1.91. The van der Waals surface area contributed by atoms with Crippen molar-refractivity contribution in [2.75, 3.05) is 0 Å². The minimum atomic E-state index is -2.72. The first kappa shape index (κ1) is 8.67. The summed E-state index contributed by atoms with van der Waals surface area (Å²) in [7, 11) is -3.84. The van der Waals surface area contributed by atoms with Crippen LogP contribution in [-0.2, 0) is 28.6 Å². The maximum Gasteiger partial charge on any atom is 0.384 e.